The average molecular weight is 359 g/mol. The van der Waals surface area contributed by atoms with Gasteiger partial charge in [-0.15, -0.1) is 0 Å². The highest BCUT2D eigenvalue weighted by atomic mass is 16.5. The van der Waals surface area contributed by atoms with Gasteiger partial charge in [0.2, 0.25) is 0 Å². The summed E-state index contributed by atoms with van der Waals surface area (Å²) in [6, 6.07) is 7.08. The lowest BCUT2D eigenvalue weighted by Crippen LogP contribution is -2.29. The number of benzene rings is 1. The number of Topliss-reactive ketones (excluding diaryl/α,β-unsaturated/α-hetero) is 1. The fourth-order valence-electron chi connectivity index (χ4n) is 3.01. The first-order chi connectivity index (χ1) is 12.3. The topological polar surface area (TPSA) is 85.2 Å². The van der Waals surface area contributed by atoms with E-state index in [1.165, 1.54) is 7.11 Å². The molecule has 2 rings (SSSR count). The minimum absolute atomic E-state index is 0.0257. The monoisotopic (exact) mass is 359 g/mol. The van der Waals surface area contributed by atoms with Crippen LogP contribution in [0.15, 0.2) is 40.6 Å². The Bertz CT molecular complexity index is 761. The number of allylic oxidation sites excluding steroid dienone is 2. The Labute approximate surface area is 153 Å². The Kier molecular flexibility index (Phi) is 6.18. The molecule has 0 bridgehead atoms. The zero-order valence-corrected chi connectivity index (χ0v) is 15.7. The zero-order chi connectivity index (χ0) is 19.3. The first-order valence-corrected chi connectivity index (χ1v) is 8.50. The molecule has 0 heterocycles. The summed E-state index contributed by atoms with van der Waals surface area (Å²) in [6.07, 6.45) is 0.993. The normalized spacial score (nSPS) is 17.2. The van der Waals surface area contributed by atoms with Gasteiger partial charge < -0.3 is 14.6 Å². The van der Waals surface area contributed by atoms with E-state index in [4.69, 9.17) is 4.74 Å². The number of methoxy groups -OCH3 is 2. The van der Waals surface area contributed by atoms with Gasteiger partial charge in [-0.3, -0.25) is 14.6 Å². The molecule has 0 spiro atoms. The number of ether oxygens (including phenoxy) is 2. The quantitative estimate of drug-likeness (QED) is 0.614. The van der Waals surface area contributed by atoms with Crippen LogP contribution in [-0.2, 0) is 14.3 Å². The van der Waals surface area contributed by atoms with Crippen molar-refractivity contribution < 1.29 is 24.2 Å². The van der Waals surface area contributed by atoms with Crippen molar-refractivity contribution in [1.29, 1.82) is 0 Å². The molecule has 26 heavy (non-hydrogen) atoms. The third-order valence-corrected chi connectivity index (χ3v) is 4.25. The van der Waals surface area contributed by atoms with E-state index < -0.39 is 5.97 Å². The van der Waals surface area contributed by atoms with E-state index in [9.17, 15) is 14.7 Å². The first-order valence-electron chi connectivity index (χ1n) is 8.50. The van der Waals surface area contributed by atoms with Crippen LogP contribution in [0, 0.1) is 5.41 Å². The smallest absolute Gasteiger partial charge is 0.305 e. The van der Waals surface area contributed by atoms with E-state index in [0.717, 1.165) is 0 Å². The molecule has 0 radical (unpaired) electrons. The number of esters is 1. The maximum Gasteiger partial charge on any atom is 0.305 e. The molecule has 1 aromatic carbocycles. The predicted octanol–water partition coefficient (Wildman–Crippen LogP) is 3.92. The molecule has 0 fully saturated rings. The number of carbonyl (C=O) groups is 2. The second-order valence-corrected chi connectivity index (χ2v) is 7.10. The van der Waals surface area contributed by atoms with Crippen LogP contribution in [0.3, 0.4) is 0 Å². The number of hydrogen-bond donors (Lipinski definition) is 1. The van der Waals surface area contributed by atoms with Gasteiger partial charge in [0.1, 0.15) is 11.5 Å². The summed E-state index contributed by atoms with van der Waals surface area (Å²) in [4.78, 5) is 28.7. The molecule has 0 amide bonds. The van der Waals surface area contributed by atoms with Crippen LogP contribution in [0.5, 0.6) is 5.75 Å². The van der Waals surface area contributed by atoms with E-state index >= 15 is 0 Å². The van der Waals surface area contributed by atoms with Gasteiger partial charge in [-0.1, -0.05) is 19.9 Å². The van der Waals surface area contributed by atoms with Crippen molar-refractivity contribution >= 4 is 23.2 Å². The van der Waals surface area contributed by atoms with Crippen molar-refractivity contribution in [2.45, 2.75) is 39.5 Å². The highest BCUT2D eigenvalue weighted by molar-refractivity contribution is 6.24. The molecule has 1 aliphatic carbocycles. The van der Waals surface area contributed by atoms with Crippen molar-refractivity contribution in [3.63, 3.8) is 0 Å². The second kappa shape index (κ2) is 8.17. The molecule has 0 aliphatic heterocycles. The molecule has 0 aromatic heterocycles. The maximum absolute atomic E-state index is 12.6. The molecular weight excluding hydrogens is 334 g/mol. The van der Waals surface area contributed by atoms with E-state index in [-0.39, 0.29) is 35.4 Å². The maximum atomic E-state index is 12.6. The van der Waals surface area contributed by atoms with E-state index in [2.05, 4.69) is 9.73 Å². The number of aliphatic hydroxyl groups excluding tert-OH is 1. The number of ketones is 1. The number of carbonyl (C=O) groups excluding carboxylic acids is 2. The van der Waals surface area contributed by atoms with Crippen LogP contribution in [0.25, 0.3) is 0 Å². The van der Waals surface area contributed by atoms with Gasteiger partial charge in [0.05, 0.1) is 37.6 Å². The zero-order valence-electron chi connectivity index (χ0n) is 15.7. The molecule has 1 aromatic rings. The summed E-state index contributed by atoms with van der Waals surface area (Å²) in [5.74, 6) is 0.0999. The van der Waals surface area contributed by atoms with Crippen molar-refractivity contribution in [3.05, 3.63) is 35.6 Å². The van der Waals surface area contributed by atoms with Crippen LogP contribution < -0.4 is 4.74 Å². The Hall–Kier alpha value is -2.63. The molecular formula is C20H25NO5. The fourth-order valence-corrected chi connectivity index (χ4v) is 3.01. The van der Waals surface area contributed by atoms with Crippen LogP contribution in [-0.4, -0.2) is 36.8 Å². The highest BCUT2D eigenvalue weighted by Gasteiger charge is 2.35. The van der Waals surface area contributed by atoms with E-state index in [1.54, 1.807) is 31.4 Å². The highest BCUT2D eigenvalue weighted by Crippen LogP contribution is 2.37. The van der Waals surface area contributed by atoms with Crippen molar-refractivity contribution in [1.82, 2.24) is 0 Å². The second-order valence-electron chi connectivity index (χ2n) is 7.10. The standard InChI is InChI=1S/C20H25NO5/c1-20(2)11-16(22)19(17(23)12-20)15(8-9-18(24)26-4)21-13-6-5-7-14(10-13)25-3/h5-7,10,22H,8-9,11-12H2,1-4H3. The Morgan fingerprint density at radius 1 is 1.23 bits per heavy atom. The lowest BCUT2D eigenvalue weighted by atomic mass is 9.75. The molecule has 6 nitrogen and oxygen atoms in total. The van der Waals surface area contributed by atoms with Crippen molar-refractivity contribution in [2.75, 3.05) is 14.2 Å². The molecule has 0 saturated heterocycles. The molecule has 0 unspecified atom stereocenters. The molecule has 1 N–H and O–H groups in total. The summed E-state index contributed by atoms with van der Waals surface area (Å²) in [7, 11) is 2.87. The van der Waals surface area contributed by atoms with E-state index in [1.807, 2.05) is 13.8 Å². The SMILES string of the molecule is COC(=O)CCC(=Nc1cccc(OC)c1)C1=C(O)CC(C)(C)CC1=O. The van der Waals surface area contributed by atoms with Crippen LogP contribution in [0.1, 0.15) is 39.5 Å². The van der Waals surface area contributed by atoms with Gasteiger partial charge in [-0.05, 0) is 17.5 Å². The van der Waals surface area contributed by atoms with Gasteiger partial charge in [-0.2, -0.15) is 0 Å². The molecule has 1 aliphatic rings. The summed E-state index contributed by atoms with van der Waals surface area (Å²) < 4.78 is 9.88. The Balaban J connectivity index is 2.45. The number of nitrogens with zero attached hydrogens (tertiary/aromatic N) is 1. The number of rotatable bonds is 6. The first kappa shape index (κ1) is 19.7. The average Bonchev–Trinajstić information content (AvgIpc) is 2.57. The minimum Gasteiger partial charge on any atom is -0.511 e. The number of aliphatic hydroxyl groups is 1. The summed E-state index contributed by atoms with van der Waals surface area (Å²) in [5, 5.41) is 10.5. The lowest BCUT2D eigenvalue weighted by molar-refractivity contribution is -0.140. The van der Waals surface area contributed by atoms with Gasteiger partial charge in [0, 0.05) is 25.3 Å². The van der Waals surface area contributed by atoms with Gasteiger partial charge in [-0.25, -0.2) is 0 Å². The molecule has 6 heteroatoms. The Morgan fingerprint density at radius 2 is 1.96 bits per heavy atom. The minimum atomic E-state index is -0.396. The van der Waals surface area contributed by atoms with Crippen molar-refractivity contribution in [2.24, 2.45) is 10.4 Å². The predicted molar refractivity (Wildman–Crippen MR) is 99.0 cm³/mol. The van der Waals surface area contributed by atoms with Crippen LogP contribution in [0.2, 0.25) is 0 Å². The Morgan fingerprint density at radius 3 is 2.58 bits per heavy atom. The molecule has 0 saturated carbocycles. The number of hydrogen-bond acceptors (Lipinski definition) is 6. The third-order valence-electron chi connectivity index (χ3n) is 4.25. The van der Waals surface area contributed by atoms with Gasteiger partial charge in [0.15, 0.2) is 5.78 Å². The summed E-state index contributed by atoms with van der Waals surface area (Å²) in [6.45, 7) is 3.87. The van der Waals surface area contributed by atoms with Gasteiger partial charge >= 0.3 is 5.97 Å². The van der Waals surface area contributed by atoms with E-state index in [0.29, 0.717) is 30.0 Å². The lowest BCUT2D eigenvalue weighted by Gasteiger charge is -2.30. The summed E-state index contributed by atoms with van der Waals surface area (Å²) in [5.41, 5.74) is 0.897. The summed E-state index contributed by atoms with van der Waals surface area (Å²) >= 11 is 0. The largest absolute Gasteiger partial charge is 0.511 e. The third kappa shape index (κ3) is 4.94. The van der Waals surface area contributed by atoms with Crippen LogP contribution >= 0.6 is 0 Å². The van der Waals surface area contributed by atoms with Crippen molar-refractivity contribution in [3.8, 4) is 5.75 Å². The fraction of sp³-hybridized carbons (Fsp3) is 0.450. The van der Waals surface area contributed by atoms with Crippen LogP contribution in [0.4, 0.5) is 5.69 Å². The molecule has 0 atom stereocenters. The number of aliphatic imine (C=N–C) groups is 1. The molecule has 140 valence electrons. The van der Waals surface area contributed by atoms with Gasteiger partial charge in [0.25, 0.3) is 0 Å².